The fraction of sp³-hybridized carbons (Fsp3) is 0.286. The maximum atomic E-state index is 12.5. The Kier molecular flexibility index (Phi) is 3.11. The van der Waals surface area contributed by atoms with Crippen molar-refractivity contribution in [2.45, 2.75) is 19.1 Å². The van der Waals surface area contributed by atoms with Crippen molar-refractivity contribution in [2.75, 3.05) is 6.54 Å². The quantitative estimate of drug-likeness (QED) is 0.831. The molecule has 3 rings (SSSR count). The molecule has 0 saturated heterocycles. The first kappa shape index (κ1) is 12.7. The van der Waals surface area contributed by atoms with Gasteiger partial charge in [-0.3, -0.25) is 0 Å². The van der Waals surface area contributed by atoms with Crippen LogP contribution in [0.25, 0.3) is 11.1 Å². The second-order valence-corrected chi connectivity index (χ2v) is 5.52. The second-order valence-electron chi connectivity index (χ2n) is 4.55. The molecule has 1 aromatic heterocycles. The zero-order valence-corrected chi connectivity index (χ0v) is 10.9. The molecule has 0 amide bonds. The van der Waals surface area contributed by atoms with Crippen LogP contribution in [0.15, 0.2) is 29.6 Å². The molecule has 0 aliphatic carbocycles. The summed E-state index contributed by atoms with van der Waals surface area (Å²) in [4.78, 5) is 1.29. The first-order valence-electron chi connectivity index (χ1n) is 6.03. The maximum Gasteiger partial charge on any atom is 0.416 e. The molecular weight excluding hydrogens is 271 g/mol. The Morgan fingerprint density at radius 1 is 1.11 bits per heavy atom. The van der Waals surface area contributed by atoms with Crippen molar-refractivity contribution in [3.63, 3.8) is 0 Å². The van der Waals surface area contributed by atoms with E-state index in [-0.39, 0.29) is 0 Å². The minimum absolute atomic E-state index is 0.595. The molecule has 2 heterocycles. The number of rotatable bonds is 1. The van der Waals surface area contributed by atoms with E-state index in [2.05, 4.69) is 5.32 Å². The molecule has 0 spiro atoms. The van der Waals surface area contributed by atoms with E-state index in [4.69, 9.17) is 0 Å². The van der Waals surface area contributed by atoms with Gasteiger partial charge < -0.3 is 5.32 Å². The summed E-state index contributed by atoms with van der Waals surface area (Å²) in [5.74, 6) is 0. The van der Waals surface area contributed by atoms with Crippen molar-refractivity contribution in [2.24, 2.45) is 0 Å². The highest BCUT2D eigenvalue weighted by Crippen LogP contribution is 2.35. The van der Waals surface area contributed by atoms with E-state index in [1.807, 2.05) is 5.38 Å². The van der Waals surface area contributed by atoms with Gasteiger partial charge in [-0.25, -0.2) is 0 Å². The molecule has 1 N–H and O–H groups in total. The van der Waals surface area contributed by atoms with E-state index in [1.165, 1.54) is 10.4 Å². The summed E-state index contributed by atoms with van der Waals surface area (Å²) in [5.41, 5.74) is 2.63. The van der Waals surface area contributed by atoms with Crippen molar-refractivity contribution in [1.29, 1.82) is 0 Å². The number of fused-ring (bicyclic) bond motifs is 1. The largest absolute Gasteiger partial charge is 0.416 e. The summed E-state index contributed by atoms with van der Waals surface area (Å²) >= 11 is 1.67. The van der Waals surface area contributed by atoms with Crippen molar-refractivity contribution in [3.8, 4) is 11.1 Å². The van der Waals surface area contributed by atoms with Crippen molar-refractivity contribution < 1.29 is 13.2 Å². The summed E-state index contributed by atoms with van der Waals surface area (Å²) in [6.07, 6.45) is -3.33. The number of benzene rings is 1. The van der Waals surface area contributed by atoms with E-state index < -0.39 is 11.7 Å². The van der Waals surface area contributed by atoms with Gasteiger partial charge in [-0.15, -0.1) is 11.3 Å². The lowest BCUT2D eigenvalue weighted by Crippen LogP contribution is -2.22. The second kappa shape index (κ2) is 4.65. The van der Waals surface area contributed by atoms with Crippen LogP contribution in [0.4, 0.5) is 13.2 Å². The Labute approximate surface area is 113 Å². The summed E-state index contributed by atoms with van der Waals surface area (Å²) in [5, 5.41) is 5.34. The van der Waals surface area contributed by atoms with Crippen LogP contribution >= 0.6 is 11.3 Å². The lowest BCUT2D eigenvalue weighted by Gasteiger charge is -2.14. The molecule has 100 valence electrons. The zero-order chi connectivity index (χ0) is 13.5. The molecule has 1 aliphatic rings. The summed E-state index contributed by atoms with van der Waals surface area (Å²) in [6, 6.07) is 5.43. The topological polar surface area (TPSA) is 12.0 Å². The molecule has 0 saturated carbocycles. The first-order chi connectivity index (χ1) is 9.05. The number of alkyl halides is 3. The maximum absolute atomic E-state index is 12.5. The normalized spacial score (nSPS) is 15.3. The van der Waals surface area contributed by atoms with Gasteiger partial charge in [0.15, 0.2) is 0 Å². The fourth-order valence-corrected chi connectivity index (χ4v) is 3.42. The zero-order valence-electron chi connectivity index (χ0n) is 10.1. The molecule has 1 aliphatic heterocycles. The van der Waals surface area contributed by atoms with Gasteiger partial charge in [0.2, 0.25) is 0 Å². The van der Waals surface area contributed by atoms with Gasteiger partial charge in [-0.05, 0) is 47.2 Å². The third-order valence-electron chi connectivity index (χ3n) is 3.34. The van der Waals surface area contributed by atoms with E-state index in [1.54, 1.807) is 23.5 Å². The van der Waals surface area contributed by atoms with Crippen molar-refractivity contribution in [3.05, 3.63) is 45.6 Å². The first-order valence-corrected chi connectivity index (χ1v) is 6.91. The average Bonchev–Trinajstić information content (AvgIpc) is 2.82. The Balaban J connectivity index is 1.97. The van der Waals surface area contributed by atoms with Crippen LogP contribution < -0.4 is 5.32 Å². The van der Waals surface area contributed by atoms with Crippen LogP contribution in [0.5, 0.6) is 0 Å². The summed E-state index contributed by atoms with van der Waals surface area (Å²) in [7, 11) is 0. The van der Waals surface area contributed by atoms with E-state index in [0.717, 1.165) is 42.8 Å². The van der Waals surface area contributed by atoms with E-state index in [9.17, 15) is 13.2 Å². The fourth-order valence-electron chi connectivity index (χ4n) is 2.34. The highest BCUT2D eigenvalue weighted by atomic mass is 32.1. The molecule has 1 aromatic carbocycles. The molecule has 0 atom stereocenters. The Morgan fingerprint density at radius 2 is 1.84 bits per heavy atom. The molecule has 0 fully saturated rings. The monoisotopic (exact) mass is 283 g/mol. The van der Waals surface area contributed by atoms with Gasteiger partial charge in [-0.2, -0.15) is 13.2 Å². The average molecular weight is 283 g/mol. The molecule has 1 nitrogen and oxygen atoms in total. The van der Waals surface area contributed by atoms with Gasteiger partial charge in [0.25, 0.3) is 0 Å². The predicted molar refractivity (Wildman–Crippen MR) is 70.2 cm³/mol. The molecule has 0 bridgehead atoms. The van der Waals surface area contributed by atoms with Gasteiger partial charge in [0.1, 0.15) is 0 Å². The van der Waals surface area contributed by atoms with E-state index >= 15 is 0 Å². The molecule has 2 aromatic rings. The standard InChI is InChI=1S/C14H12F3NS/c15-14(16,17)10-3-1-9(2-4-10)12-8-19-13-7-18-6-5-11(12)13/h1-4,8,18H,5-7H2. The molecule has 19 heavy (non-hydrogen) atoms. The minimum Gasteiger partial charge on any atom is -0.312 e. The molecule has 0 radical (unpaired) electrons. The number of nitrogens with one attached hydrogen (secondary N) is 1. The van der Waals surface area contributed by atoms with Gasteiger partial charge in [0, 0.05) is 11.4 Å². The Hall–Kier alpha value is -1.33. The van der Waals surface area contributed by atoms with Crippen LogP contribution in [0.1, 0.15) is 16.0 Å². The molecule has 0 unspecified atom stereocenters. The molecular formula is C14H12F3NS. The van der Waals surface area contributed by atoms with Crippen LogP contribution in [-0.2, 0) is 19.1 Å². The Morgan fingerprint density at radius 3 is 2.53 bits per heavy atom. The minimum atomic E-state index is -4.27. The predicted octanol–water partition coefficient (Wildman–Crippen LogP) is 4.08. The number of halogens is 3. The number of hydrogen-bond donors (Lipinski definition) is 1. The smallest absolute Gasteiger partial charge is 0.312 e. The van der Waals surface area contributed by atoms with Crippen LogP contribution in [0.3, 0.4) is 0 Å². The summed E-state index contributed by atoms with van der Waals surface area (Å²) in [6.45, 7) is 1.79. The number of hydrogen-bond acceptors (Lipinski definition) is 2. The number of thiophene rings is 1. The van der Waals surface area contributed by atoms with Crippen molar-refractivity contribution in [1.82, 2.24) is 5.32 Å². The lowest BCUT2D eigenvalue weighted by atomic mass is 9.98. The van der Waals surface area contributed by atoms with Crippen LogP contribution in [0.2, 0.25) is 0 Å². The van der Waals surface area contributed by atoms with Gasteiger partial charge in [-0.1, -0.05) is 12.1 Å². The highest BCUT2D eigenvalue weighted by Gasteiger charge is 2.30. The van der Waals surface area contributed by atoms with Crippen LogP contribution in [-0.4, -0.2) is 6.54 Å². The lowest BCUT2D eigenvalue weighted by molar-refractivity contribution is -0.137. The summed E-state index contributed by atoms with van der Waals surface area (Å²) < 4.78 is 37.6. The Bertz CT molecular complexity index is 584. The van der Waals surface area contributed by atoms with Gasteiger partial charge in [0.05, 0.1) is 5.56 Å². The highest BCUT2D eigenvalue weighted by molar-refractivity contribution is 7.10. The SMILES string of the molecule is FC(F)(F)c1ccc(-c2csc3c2CCNC3)cc1. The van der Waals surface area contributed by atoms with Crippen LogP contribution in [0, 0.1) is 0 Å². The third kappa shape index (κ3) is 2.40. The van der Waals surface area contributed by atoms with Crippen molar-refractivity contribution >= 4 is 11.3 Å². The molecule has 5 heteroatoms. The van der Waals surface area contributed by atoms with E-state index in [0.29, 0.717) is 0 Å². The van der Waals surface area contributed by atoms with Gasteiger partial charge >= 0.3 is 6.18 Å². The third-order valence-corrected chi connectivity index (χ3v) is 4.37.